The third-order valence-electron chi connectivity index (χ3n) is 7.36. The Morgan fingerprint density at radius 3 is 1.36 bits per heavy atom. The van der Waals surface area contributed by atoms with Gasteiger partial charge in [0, 0.05) is 36.3 Å². The van der Waals surface area contributed by atoms with Gasteiger partial charge in [0.1, 0.15) is 36.1 Å². The van der Waals surface area contributed by atoms with Gasteiger partial charge in [0.25, 0.3) is 0 Å². The van der Waals surface area contributed by atoms with Gasteiger partial charge in [-0.2, -0.15) is 0 Å². The van der Waals surface area contributed by atoms with Gasteiger partial charge in [-0.25, -0.2) is 0 Å². The fourth-order valence-electron chi connectivity index (χ4n) is 4.80. The van der Waals surface area contributed by atoms with Crippen LogP contribution >= 0.6 is 0 Å². The molecule has 6 rings (SSSR count). The lowest BCUT2D eigenvalue weighted by atomic mass is 10.1. The van der Waals surface area contributed by atoms with E-state index in [-0.39, 0.29) is 0 Å². The van der Waals surface area contributed by atoms with Crippen LogP contribution in [0.25, 0.3) is 22.5 Å². The molecule has 47 heavy (non-hydrogen) atoms. The van der Waals surface area contributed by atoms with Crippen molar-refractivity contribution in [1.29, 1.82) is 0 Å². The van der Waals surface area contributed by atoms with Gasteiger partial charge in [0.05, 0.1) is 26.3 Å². The number of benzene rings is 4. The topological polar surface area (TPSA) is 104 Å². The van der Waals surface area contributed by atoms with Crippen LogP contribution in [0.1, 0.15) is 22.6 Å². The van der Waals surface area contributed by atoms with E-state index in [0.717, 1.165) is 56.7 Å². The number of ether oxygens (including phenoxy) is 3. The molecule has 0 fully saturated rings. The first-order chi connectivity index (χ1) is 23.3. The molecule has 0 unspecified atom stereocenters. The molecule has 0 amide bonds. The minimum Gasteiger partial charge on any atom is -0.489 e. The van der Waals surface area contributed by atoms with Crippen molar-refractivity contribution in [3.63, 3.8) is 0 Å². The monoisotopic (exact) mass is 630 g/mol. The zero-order valence-corrected chi connectivity index (χ0v) is 26.1. The molecule has 0 aliphatic carbocycles. The predicted molar refractivity (Wildman–Crippen MR) is 180 cm³/mol. The first-order valence-corrected chi connectivity index (χ1v) is 15.7. The van der Waals surface area contributed by atoms with E-state index < -0.39 is 0 Å². The van der Waals surface area contributed by atoms with E-state index in [9.17, 15) is 0 Å². The lowest BCUT2D eigenvalue weighted by molar-refractivity contribution is 0.136. The molecule has 0 radical (unpaired) electrons. The zero-order chi connectivity index (χ0) is 31.9. The highest BCUT2D eigenvalue weighted by Crippen LogP contribution is 2.24. The van der Waals surface area contributed by atoms with Gasteiger partial charge in [0.2, 0.25) is 0 Å². The van der Waals surface area contributed by atoms with Crippen molar-refractivity contribution in [2.75, 3.05) is 26.3 Å². The summed E-state index contributed by atoms with van der Waals surface area (Å²) in [6, 6.07) is 39.9. The molecule has 0 saturated heterocycles. The first kappa shape index (κ1) is 31.7. The fourth-order valence-corrected chi connectivity index (χ4v) is 4.80. The Hall–Kier alpha value is -5.22. The van der Waals surface area contributed by atoms with Crippen LogP contribution in [-0.4, -0.2) is 36.6 Å². The summed E-state index contributed by atoms with van der Waals surface area (Å²) < 4.78 is 28.5. The smallest absolute Gasteiger partial charge is 0.151 e. The molecule has 0 spiro atoms. The Balaban J connectivity index is 0.815. The molecule has 0 aliphatic heterocycles. The summed E-state index contributed by atoms with van der Waals surface area (Å²) in [6.07, 6.45) is 0. The molecule has 0 bridgehead atoms. The zero-order valence-electron chi connectivity index (χ0n) is 26.1. The molecule has 9 nitrogen and oxygen atoms in total. The van der Waals surface area contributed by atoms with Gasteiger partial charge in [-0.15, -0.1) is 0 Å². The maximum atomic E-state index is 5.87. The number of hydrogen-bond acceptors (Lipinski definition) is 9. The van der Waals surface area contributed by atoms with Crippen molar-refractivity contribution in [2.24, 2.45) is 0 Å². The molecular formula is C38H38N4O5. The number of nitrogens with one attached hydrogen (secondary N) is 2. The Bertz CT molecular complexity index is 1620. The van der Waals surface area contributed by atoms with Crippen LogP contribution in [0.2, 0.25) is 0 Å². The van der Waals surface area contributed by atoms with Crippen molar-refractivity contribution >= 4 is 0 Å². The van der Waals surface area contributed by atoms with Crippen LogP contribution in [0.5, 0.6) is 11.5 Å². The van der Waals surface area contributed by atoms with Gasteiger partial charge < -0.3 is 33.9 Å². The largest absolute Gasteiger partial charge is 0.489 e. The van der Waals surface area contributed by atoms with Crippen LogP contribution in [0.15, 0.2) is 130 Å². The van der Waals surface area contributed by atoms with Gasteiger partial charge >= 0.3 is 0 Å². The summed E-state index contributed by atoms with van der Waals surface area (Å²) in [5, 5.41) is 15.1. The lowest BCUT2D eigenvalue weighted by Crippen LogP contribution is -2.23. The molecule has 0 aliphatic rings. The van der Waals surface area contributed by atoms with Gasteiger partial charge in [0.15, 0.2) is 11.5 Å². The quantitative estimate of drug-likeness (QED) is 0.0967. The van der Waals surface area contributed by atoms with Crippen molar-refractivity contribution in [2.45, 2.75) is 26.3 Å². The molecule has 4 aromatic carbocycles. The maximum absolute atomic E-state index is 5.87. The van der Waals surface area contributed by atoms with Crippen LogP contribution in [-0.2, 0) is 31.0 Å². The Morgan fingerprint density at radius 2 is 0.936 bits per heavy atom. The first-order valence-electron chi connectivity index (χ1n) is 15.7. The van der Waals surface area contributed by atoms with Gasteiger partial charge in [-0.3, -0.25) is 0 Å². The van der Waals surface area contributed by atoms with Gasteiger partial charge in [-0.05, 0) is 59.7 Å². The van der Waals surface area contributed by atoms with E-state index >= 15 is 0 Å². The summed E-state index contributed by atoms with van der Waals surface area (Å²) in [6.45, 7) is 4.79. The maximum Gasteiger partial charge on any atom is 0.151 e. The predicted octanol–water partition coefficient (Wildman–Crippen LogP) is 7.05. The van der Waals surface area contributed by atoms with Crippen LogP contribution in [0.4, 0.5) is 0 Å². The molecule has 6 aromatic rings. The second-order valence-electron chi connectivity index (χ2n) is 10.9. The highest BCUT2D eigenvalue weighted by Gasteiger charge is 2.09. The molecule has 2 heterocycles. The van der Waals surface area contributed by atoms with E-state index in [1.807, 2.05) is 121 Å². The standard InChI is InChI=1S/C38H38N4O5/c1-3-7-29(8-4-1)27-44-33-15-11-31(12-16-33)37-23-35(46-41-37)25-39-19-21-43-22-20-40-26-36-24-38(42-47-36)32-13-17-34(18-14-32)45-28-30-9-5-2-6-10-30/h1-18,23-24,39-40H,19-22,25-28H2. The molecule has 9 heteroatoms. The molecule has 2 N–H and O–H groups in total. The lowest BCUT2D eigenvalue weighted by Gasteiger charge is -2.06. The Labute approximate surface area is 274 Å². The van der Waals surface area contributed by atoms with Crippen LogP contribution < -0.4 is 20.1 Å². The summed E-state index contributed by atoms with van der Waals surface area (Å²) in [4.78, 5) is 0. The second-order valence-corrected chi connectivity index (χ2v) is 10.9. The number of rotatable bonds is 18. The average molecular weight is 631 g/mol. The van der Waals surface area contributed by atoms with E-state index in [1.165, 1.54) is 0 Å². The van der Waals surface area contributed by atoms with E-state index in [1.54, 1.807) is 0 Å². The van der Waals surface area contributed by atoms with E-state index in [0.29, 0.717) is 52.6 Å². The Kier molecular flexibility index (Phi) is 11.4. The van der Waals surface area contributed by atoms with Gasteiger partial charge in [-0.1, -0.05) is 71.0 Å². The third kappa shape index (κ3) is 9.88. The summed E-state index contributed by atoms with van der Waals surface area (Å²) in [7, 11) is 0. The highest BCUT2D eigenvalue weighted by molar-refractivity contribution is 5.60. The Morgan fingerprint density at radius 1 is 0.511 bits per heavy atom. The van der Waals surface area contributed by atoms with E-state index in [4.69, 9.17) is 23.3 Å². The molecule has 0 atom stereocenters. The molecular weight excluding hydrogens is 592 g/mol. The molecule has 240 valence electrons. The minimum atomic E-state index is 0.535. The number of hydrogen-bond donors (Lipinski definition) is 2. The number of nitrogens with zero attached hydrogens (tertiary/aromatic N) is 2. The SMILES string of the molecule is c1ccc(COc2ccc(-c3cc(CNCCOCCNCc4cc(-c5ccc(OCc6ccccc6)cc5)no4)on3)cc2)cc1. The molecule has 0 saturated carbocycles. The summed E-state index contributed by atoms with van der Waals surface area (Å²) in [5.74, 6) is 3.16. The summed E-state index contributed by atoms with van der Waals surface area (Å²) in [5.41, 5.74) is 5.80. The van der Waals surface area contributed by atoms with Crippen molar-refractivity contribution in [1.82, 2.24) is 20.9 Å². The van der Waals surface area contributed by atoms with Crippen molar-refractivity contribution in [3.8, 4) is 34.0 Å². The minimum absolute atomic E-state index is 0.535. The highest BCUT2D eigenvalue weighted by atomic mass is 16.5. The van der Waals surface area contributed by atoms with Crippen LogP contribution in [0, 0.1) is 0 Å². The van der Waals surface area contributed by atoms with E-state index in [2.05, 4.69) is 20.9 Å². The third-order valence-corrected chi connectivity index (χ3v) is 7.36. The fraction of sp³-hybridized carbons (Fsp3) is 0.211. The van der Waals surface area contributed by atoms with Crippen molar-refractivity contribution < 1.29 is 23.3 Å². The van der Waals surface area contributed by atoms with Crippen molar-refractivity contribution in [3.05, 3.63) is 144 Å². The second kappa shape index (κ2) is 16.9. The van der Waals surface area contributed by atoms with Crippen LogP contribution in [0.3, 0.4) is 0 Å². The average Bonchev–Trinajstić information content (AvgIpc) is 3.81. The summed E-state index contributed by atoms with van der Waals surface area (Å²) >= 11 is 0. The normalized spacial score (nSPS) is 11.1. The molecule has 2 aromatic heterocycles. The number of aromatic nitrogens is 2.